The van der Waals surface area contributed by atoms with Gasteiger partial charge in [0.25, 0.3) is 0 Å². The molecule has 3 heteroatoms. The summed E-state index contributed by atoms with van der Waals surface area (Å²) in [5.74, 6) is 0. The maximum Gasteiger partial charge on any atom is 0.0235 e. The molecule has 0 amide bonds. The Hall–Kier alpha value is -1.84. The van der Waals surface area contributed by atoms with E-state index in [0.717, 1.165) is 43.9 Å². The number of piperazine rings is 1. The minimum atomic E-state index is 0.268. The lowest BCUT2D eigenvalue weighted by Gasteiger charge is -2.42. The highest BCUT2D eigenvalue weighted by molar-refractivity contribution is 5.75. The number of nitrogens with two attached hydrogens (primary N) is 1. The van der Waals surface area contributed by atoms with E-state index < -0.39 is 0 Å². The molecule has 0 spiro atoms. The Kier molecular flexibility index (Phi) is 6.63. The third-order valence-corrected chi connectivity index (χ3v) is 4.85. The highest BCUT2D eigenvalue weighted by atomic mass is 15.3. The van der Waals surface area contributed by atoms with Crippen LogP contribution in [-0.4, -0.2) is 41.5 Å². The summed E-state index contributed by atoms with van der Waals surface area (Å²) in [4.78, 5) is 5.12. The molecule has 0 bridgehead atoms. The lowest BCUT2D eigenvalue weighted by atomic mass is 10.0. The third-order valence-electron chi connectivity index (χ3n) is 4.85. The van der Waals surface area contributed by atoms with Crippen LogP contribution in [-0.2, 0) is 6.54 Å². The second-order valence-corrected chi connectivity index (χ2v) is 7.85. The molecule has 1 saturated heterocycles. The minimum absolute atomic E-state index is 0.268. The van der Waals surface area contributed by atoms with Gasteiger partial charge < -0.3 is 5.73 Å². The maximum absolute atomic E-state index is 5.60. The van der Waals surface area contributed by atoms with E-state index in [4.69, 9.17) is 5.73 Å². The number of benzene rings is 1. The van der Waals surface area contributed by atoms with Gasteiger partial charge in [0.2, 0.25) is 0 Å². The van der Waals surface area contributed by atoms with E-state index in [1.54, 1.807) is 6.20 Å². The Labute approximate surface area is 153 Å². The fourth-order valence-corrected chi connectivity index (χ4v) is 3.24. The molecule has 0 aromatic heterocycles. The summed E-state index contributed by atoms with van der Waals surface area (Å²) in [5.41, 5.74) is 10.6. The molecule has 0 saturated carbocycles. The van der Waals surface area contributed by atoms with Crippen molar-refractivity contribution in [2.45, 2.75) is 39.8 Å². The molecule has 25 heavy (non-hydrogen) atoms. The van der Waals surface area contributed by atoms with Crippen molar-refractivity contribution in [1.29, 1.82) is 0 Å². The van der Waals surface area contributed by atoms with Crippen molar-refractivity contribution in [1.82, 2.24) is 9.80 Å². The summed E-state index contributed by atoms with van der Waals surface area (Å²) in [5, 5.41) is 0. The summed E-state index contributed by atoms with van der Waals surface area (Å²) >= 11 is 0. The molecule has 136 valence electrons. The van der Waals surface area contributed by atoms with Crippen molar-refractivity contribution in [2.24, 2.45) is 5.73 Å². The number of nitrogens with zero attached hydrogens (tertiary/aromatic N) is 2. The highest BCUT2D eigenvalue weighted by Crippen LogP contribution is 2.21. The first kappa shape index (κ1) is 19.5. The van der Waals surface area contributed by atoms with E-state index in [-0.39, 0.29) is 5.54 Å². The van der Waals surface area contributed by atoms with E-state index in [1.807, 2.05) is 13.0 Å². The van der Waals surface area contributed by atoms with Gasteiger partial charge in [0.1, 0.15) is 0 Å². The lowest BCUT2D eigenvalue weighted by Crippen LogP contribution is -2.53. The van der Waals surface area contributed by atoms with E-state index >= 15 is 0 Å². The van der Waals surface area contributed by atoms with E-state index in [2.05, 4.69) is 67.5 Å². The lowest BCUT2D eigenvalue weighted by molar-refractivity contribution is 0.0591. The molecule has 0 atom stereocenters. The summed E-state index contributed by atoms with van der Waals surface area (Å²) in [7, 11) is 0. The van der Waals surface area contributed by atoms with Gasteiger partial charge in [-0.1, -0.05) is 36.9 Å². The quantitative estimate of drug-likeness (QED) is 0.822. The SMILES string of the molecule is C=C/C(=C\C(C)=C/N)c1cccc(CN2CCN(C(C)(C)C)CC2)c1. The van der Waals surface area contributed by atoms with Gasteiger partial charge in [0.05, 0.1) is 0 Å². The molecular formula is C22H33N3. The minimum Gasteiger partial charge on any atom is -0.404 e. The van der Waals surface area contributed by atoms with Crippen molar-refractivity contribution in [2.75, 3.05) is 26.2 Å². The van der Waals surface area contributed by atoms with Crippen LogP contribution in [0.25, 0.3) is 5.57 Å². The summed E-state index contributed by atoms with van der Waals surface area (Å²) in [6, 6.07) is 8.76. The monoisotopic (exact) mass is 339 g/mol. The van der Waals surface area contributed by atoms with Crippen LogP contribution in [0.2, 0.25) is 0 Å². The standard InChI is InChI=1S/C22H33N3/c1-6-20(14-18(2)16-23)21-9-7-8-19(15-21)17-24-10-12-25(13-11-24)22(3,4)5/h6-9,14-16H,1,10-13,17,23H2,2-5H3/b18-16-,20-14+. The molecule has 1 aliphatic heterocycles. The summed E-state index contributed by atoms with van der Waals surface area (Å²) < 4.78 is 0. The zero-order chi connectivity index (χ0) is 18.4. The zero-order valence-corrected chi connectivity index (χ0v) is 16.3. The molecule has 0 unspecified atom stereocenters. The second-order valence-electron chi connectivity index (χ2n) is 7.85. The predicted octanol–water partition coefficient (Wildman–Crippen LogP) is 4.03. The fourth-order valence-electron chi connectivity index (χ4n) is 3.24. The molecule has 2 N–H and O–H groups in total. The number of hydrogen-bond donors (Lipinski definition) is 1. The van der Waals surface area contributed by atoms with Gasteiger partial charge in [-0.25, -0.2) is 0 Å². The smallest absolute Gasteiger partial charge is 0.0235 e. The molecule has 0 radical (unpaired) electrons. The first-order valence-corrected chi connectivity index (χ1v) is 9.13. The van der Waals surface area contributed by atoms with Gasteiger partial charge in [0, 0.05) is 38.3 Å². The zero-order valence-electron chi connectivity index (χ0n) is 16.3. The van der Waals surface area contributed by atoms with Crippen molar-refractivity contribution >= 4 is 5.57 Å². The average Bonchev–Trinajstić information content (AvgIpc) is 2.59. The largest absolute Gasteiger partial charge is 0.404 e. The van der Waals surface area contributed by atoms with Gasteiger partial charge in [0.15, 0.2) is 0 Å². The van der Waals surface area contributed by atoms with Crippen LogP contribution in [0.3, 0.4) is 0 Å². The van der Waals surface area contributed by atoms with Crippen LogP contribution in [0.15, 0.2) is 54.8 Å². The Morgan fingerprint density at radius 2 is 1.88 bits per heavy atom. The highest BCUT2D eigenvalue weighted by Gasteiger charge is 2.25. The van der Waals surface area contributed by atoms with Crippen molar-refractivity contribution in [3.8, 4) is 0 Å². The Balaban J connectivity index is 2.05. The summed E-state index contributed by atoms with van der Waals surface area (Å²) in [6.45, 7) is 18.4. The topological polar surface area (TPSA) is 32.5 Å². The Morgan fingerprint density at radius 1 is 1.20 bits per heavy atom. The van der Waals surface area contributed by atoms with Gasteiger partial charge >= 0.3 is 0 Å². The second kappa shape index (κ2) is 8.50. The molecule has 1 aliphatic rings. The van der Waals surface area contributed by atoms with Crippen LogP contribution in [0, 0.1) is 0 Å². The third kappa shape index (κ3) is 5.58. The van der Waals surface area contributed by atoms with Crippen molar-refractivity contribution < 1.29 is 0 Å². The Bertz CT molecular complexity index is 641. The van der Waals surface area contributed by atoms with Gasteiger partial charge in [-0.3, -0.25) is 9.80 Å². The molecule has 1 aromatic rings. The molecule has 3 nitrogen and oxygen atoms in total. The molecule has 1 heterocycles. The fraction of sp³-hybridized carbons (Fsp3) is 0.455. The van der Waals surface area contributed by atoms with Crippen LogP contribution in [0.4, 0.5) is 0 Å². The van der Waals surface area contributed by atoms with E-state index in [0.29, 0.717) is 0 Å². The van der Waals surface area contributed by atoms with Crippen molar-refractivity contribution in [3.05, 3.63) is 65.9 Å². The van der Waals surface area contributed by atoms with Crippen LogP contribution < -0.4 is 5.73 Å². The van der Waals surface area contributed by atoms with E-state index in [1.165, 1.54) is 11.1 Å². The molecular weight excluding hydrogens is 306 g/mol. The van der Waals surface area contributed by atoms with Crippen LogP contribution in [0.5, 0.6) is 0 Å². The normalized spacial score (nSPS) is 18.4. The van der Waals surface area contributed by atoms with Gasteiger partial charge in [-0.2, -0.15) is 0 Å². The van der Waals surface area contributed by atoms with E-state index in [9.17, 15) is 0 Å². The molecule has 1 fully saturated rings. The first-order chi connectivity index (χ1) is 11.8. The summed E-state index contributed by atoms with van der Waals surface area (Å²) in [6.07, 6.45) is 5.60. The first-order valence-electron chi connectivity index (χ1n) is 9.13. The molecule has 0 aliphatic carbocycles. The molecule has 1 aromatic carbocycles. The van der Waals surface area contributed by atoms with Crippen LogP contribution >= 0.6 is 0 Å². The average molecular weight is 340 g/mol. The number of allylic oxidation sites excluding steroid dienone is 4. The maximum atomic E-state index is 5.60. The Morgan fingerprint density at radius 3 is 2.44 bits per heavy atom. The molecule has 2 rings (SSSR count). The number of hydrogen-bond acceptors (Lipinski definition) is 3. The van der Waals surface area contributed by atoms with Gasteiger partial charge in [-0.05, 0) is 62.2 Å². The van der Waals surface area contributed by atoms with Gasteiger partial charge in [-0.15, -0.1) is 0 Å². The number of rotatable bonds is 5. The predicted molar refractivity (Wildman–Crippen MR) is 109 cm³/mol. The van der Waals surface area contributed by atoms with Crippen LogP contribution in [0.1, 0.15) is 38.8 Å². The van der Waals surface area contributed by atoms with Crippen molar-refractivity contribution in [3.63, 3.8) is 0 Å².